The Hall–Kier alpha value is -4.73. The lowest BCUT2D eigenvalue weighted by molar-refractivity contribution is 0.0831. The highest BCUT2D eigenvalue weighted by atomic mass is 16.5. The molecular formula is C31H33N7O2. The van der Waals surface area contributed by atoms with Crippen LogP contribution in [0.4, 0.5) is 28.8 Å². The molecule has 9 heteroatoms. The fraction of sp³-hybridized carbons (Fsp3) is 0.194. The fourth-order valence-corrected chi connectivity index (χ4v) is 4.18. The number of anilines is 5. The second kappa shape index (κ2) is 12.9. The monoisotopic (exact) mass is 535 g/mol. The van der Waals surface area contributed by atoms with Crippen molar-refractivity contribution in [3.05, 3.63) is 103 Å². The van der Waals surface area contributed by atoms with Gasteiger partial charge in [-0.05, 0) is 74.8 Å². The van der Waals surface area contributed by atoms with Crippen molar-refractivity contribution < 1.29 is 9.84 Å². The first-order chi connectivity index (χ1) is 19.5. The number of hydrogen-bond acceptors (Lipinski definition) is 9. The summed E-state index contributed by atoms with van der Waals surface area (Å²) < 4.78 is 5.71. The molecular weight excluding hydrogens is 502 g/mol. The summed E-state index contributed by atoms with van der Waals surface area (Å²) in [4.78, 5) is 15.7. The van der Waals surface area contributed by atoms with E-state index in [0.29, 0.717) is 30.6 Å². The van der Waals surface area contributed by atoms with Crippen LogP contribution in [-0.4, -0.2) is 58.3 Å². The highest BCUT2D eigenvalue weighted by molar-refractivity contribution is 5.82. The summed E-state index contributed by atoms with van der Waals surface area (Å²) in [5, 5.41) is 21.3. The summed E-state index contributed by atoms with van der Waals surface area (Å²) in [6.07, 6.45) is 3.06. The van der Waals surface area contributed by atoms with E-state index in [9.17, 15) is 5.11 Å². The van der Waals surface area contributed by atoms with Gasteiger partial charge in [-0.15, -0.1) is 0 Å². The Morgan fingerprint density at radius 2 is 1.62 bits per heavy atom. The molecule has 0 spiro atoms. The van der Waals surface area contributed by atoms with E-state index < -0.39 is 6.10 Å². The average Bonchev–Trinajstić information content (AvgIpc) is 2.96. The number of hydrogen-bond donors (Lipinski definition) is 4. The number of aliphatic hydroxyl groups is 1. The highest BCUT2D eigenvalue weighted by Crippen LogP contribution is 2.24. The maximum atomic E-state index is 10.0. The third-order valence-corrected chi connectivity index (χ3v) is 6.12. The topological polar surface area (TPSA) is 107 Å². The summed E-state index contributed by atoms with van der Waals surface area (Å²) in [6.45, 7) is 1.31. The molecule has 4 N–H and O–H groups in total. The molecule has 5 rings (SSSR count). The van der Waals surface area contributed by atoms with E-state index in [1.165, 1.54) is 0 Å². The van der Waals surface area contributed by atoms with Crippen LogP contribution in [0.1, 0.15) is 5.56 Å². The van der Waals surface area contributed by atoms with E-state index >= 15 is 0 Å². The zero-order chi connectivity index (χ0) is 27.7. The van der Waals surface area contributed by atoms with Crippen LogP contribution in [-0.2, 0) is 6.54 Å². The van der Waals surface area contributed by atoms with Gasteiger partial charge in [0, 0.05) is 53.5 Å². The molecule has 2 aromatic heterocycles. The van der Waals surface area contributed by atoms with Crippen LogP contribution in [0, 0.1) is 0 Å². The van der Waals surface area contributed by atoms with Gasteiger partial charge in [0.05, 0.1) is 5.52 Å². The number of benzene rings is 3. The Bertz CT molecular complexity index is 1530. The number of nitrogens with zero attached hydrogens (tertiary/aromatic N) is 4. The smallest absolute Gasteiger partial charge is 0.229 e. The largest absolute Gasteiger partial charge is 0.491 e. The van der Waals surface area contributed by atoms with Crippen molar-refractivity contribution in [1.29, 1.82) is 0 Å². The number of fused-ring (bicyclic) bond motifs is 1. The Morgan fingerprint density at radius 1 is 0.850 bits per heavy atom. The van der Waals surface area contributed by atoms with Gasteiger partial charge in [0.2, 0.25) is 5.95 Å². The minimum Gasteiger partial charge on any atom is -0.491 e. The highest BCUT2D eigenvalue weighted by Gasteiger charge is 2.10. The van der Waals surface area contributed by atoms with E-state index in [4.69, 9.17) is 9.72 Å². The number of rotatable bonds is 12. The molecule has 2 heterocycles. The van der Waals surface area contributed by atoms with Crippen LogP contribution in [0.25, 0.3) is 10.9 Å². The van der Waals surface area contributed by atoms with Crippen molar-refractivity contribution >= 4 is 39.7 Å². The third kappa shape index (κ3) is 7.43. The number of pyridine rings is 1. The number of para-hydroxylation sites is 1. The zero-order valence-corrected chi connectivity index (χ0v) is 22.6. The number of nitrogens with one attached hydrogen (secondary N) is 3. The fourth-order valence-electron chi connectivity index (χ4n) is 4.18. The van der Waals surface area contributed by atoms with Gasteiger partial charge < -0.3 is 30.7 Å². The van der Waals surface area contributed by atoms with Crippen LogP contribution < -0.4 is 20.7 Å². The van der Waals surface area contributed by atoms with Crippen molar-refractivity contribution in [2.24, 2.45) is 0 Å². The van der Waals surface area contributed by atoms with E-state index in [0.717, 1.165) is 33.5 Å². The summed E-state index contributed by atoms with van der Waals surface area (Å²) in [5.74, 6) is 1.85. The third-order valence-electron chi connectivity index (χ3n) is 6.12. The van der Waals surface area contributed by atoms with Crippen LogP contribution in [0.15, 0.2) is 97.3 Å². The second-order valence-corrected chi connectivity index (χ2v) is 9.70. The molecule has 9 nitrogen and oxygen atoms in total. The number of aromatic nitrogens is 3. The minimum atomic E-state index is -0.553. The van der Waals surface area contributed by atoms with Crippen molar-refractivity contribution in [3.8, 4) is 5.75 Å². The van der Waals surface area contributed by atoms with Crippen LogP contribution in [0.3, 0.4) is 0 Å². The number of likely N-dealkylation sites (N-methyl/N-ethyl adjacent to an activating group) is 1. The van der Waals surface area contributed by atoms with Gasteiger partial charge in [-0.2, -0.15) is 4.98 Å². The first kappa shape index (κ1) is 26.9. The van der Waals surface area contributed by atoms with Crippen molar-refractivity contribution in [2.45, 2.75) is 12.6 Å². The summed E-state index contributed by atoms with van der Waals surface area (Å²) in [6, 6.07) is 27.5. The van der Waals surface area contributed by atoms with Crippen molar-refractivity contribution in [3.63, 3.8) is 0 Å². The summed E-state index contributed by atoms with van der Waals surface area (Å²) in [7, 11) is 3.83. The van der Waals surface area contributed by atoms with Gasteiger partial charge in [-0.25, -0.2) is 4.98 Å². The molecule has 40 heavy (non-hydrogen) atoms. The standard InChI is InChI=1S/C31H33N7O2/c1-38(2)20-27(39)21-40-28-13-10-25(11-14-28)36-31-34-19-23(30(37-31)35-24-8-4-3-5-9-24)18-33-26-12-15-29-22(17-26)7-6-16-32-29/h3-17,19,27,33,39H,18,20-21H2,1-2H3,(H2,34,35,36,37). The lowest BCUT2D eigenvalue weighted by Crippen LogP contribution is -2.30. The lowest BCUT2D eigenvalue weighted by atomic mass is 10.2. The van der Waals surface area contributed by atoms with Crippen molar-refractivity contribution in [1.82, 2.24) is 19.9 Å². The predicted octanol–water partition coefficient (Wildman–Crippen LogP) is 5.43. The maximum Gasteiger partial charge on any atom is 0.229 e. The van der Waals surface area contributed by atoms with Gasteiger partial charge in [0.25, 0.3) is 0 Å². The predicted molar refractivity (Wildman–Crippen MR) is 161 cm³/mol. The summed E-state index contributed by atoms with van der Waals surface area (Å²) >= 11 is 0. The minimum absolute atomic E-state index is 0.230. The first-order valence-corrected chi connectivity index (χ1v) is 13.1. The van der Waals surface area contributed by atoms with Gasteiger partial charge in [-0.1, -0.05) is 24.3 Å². The molecule has 0 radical (unpaired) electrons. The molecule has 1 atom stereocenters. The first-order valence-electron chi connectivity index (χ1n) is 13.1. The molecule has 204 valence electrons. The Kier molecular flexibility index (Phi) is 8.65. The van der Waals surface area contributed by atoms with Crippen molar-refractivity contribution in [2.75, 3.05) is 43.2 Å². The molecule has 0 amide bonds. The molecule has 0 aliphatic carbocycles. The quantitative estimate of drug-likeness (QED) is 0.166. The molecule has 0 bridgehead atoms. The van der Waals surface area contributed by atoms with Gasteiger partial charge in [-0.3, -0.25) is 4.98 Å². The van der Waals surface area contributed by atoms with Crippen LogP contribution in [0.5, 0.6) is 5.75 Å². The molecule has 0 saturated carbocycles. The number of aliphatic hydroxyl groups excluding tert-OH is 1. The molecule has 1 unspecified atom stereocenters. The Balaban J connectivity index is 1.28. The van der Waals surface area contributed by atoms with Gasteiger partial charge >= 0.3 is 0 Å². The van der Waals surface area contributed by atoms with Crippen LogP contribution in [0.2, 0.25) is 0 Å². The Morgan fingerprint density at radius 3 is 2.42 bits per heavy atom. The van der Waals surface area contributed by atoms with E-state index in [1.807, 2.05) is 104 Å². The molecule has 0 aliphatic heterocycles. The van der Waals surface area contributed by atoms with Gasteiger partial charge in [0.15, 0.2) is 0 Å². The molecule has 3 aromatic carbocycles. The average molecular weight is 536 g/mol. The molecule has 0 aliphatic rings. The normalized spacial score (nSPS) is 11.8. The van der Waals surface area contributed by atoms with E-state index in [2.05, 4.69) is 32.0 Å². The zero-order valence-electron chi connectivity index (χ0n) is 22.6. The van der Waals surface area contributed by atoms with E-state index in [-0.39, 0.29) is 6.61 Å². The maximum absolute atomic E-state index is 10.0. The molecule has 0 saturated heterocycles. The molecule has 0 fully saturated rings. The van der Waals surface area contributed by atoms with E-state index in [1.54, 1.807) is 6.20 Å². The molecule has 5 aromatic rings. The van der Waals surface area contributed by atoms with Gasteiger partial charge in [0.1, 0.15) is 24.3 Å². The number of ether oxygens (including phenoxy) is 1. The van der Waals surface area contributed by atoms with Crippen LogP contribution >= 0.6 is 0 Å². The lowest BCUT2D eigenvalue weighted by Gasteiger charge is -2.17. The summed E-state index contributed by atoms with van der Waals surface area (Å²) in [5.41, 5.74) is 4.62. The SMILES string of the molecule is CN(C)CC(O)COc1ccc(Nc2ncc(CNc3ccc4ncccc4c3)c(Nc3ccccc3)n2)cc1. The second-order valence-electron chi connectivity index (χ2n) is 9.70. The Labute approximate surface area is 233 Å².